The predicted molar refractivity (Wildman–Crippen MR) is 81.3 cm³/mol. The van der Waals surface area contributed by atoms with Gasteiger partial charge in [0, 0.05) is 38.3 Å². The zero-order valence-corrected chi connectivity index (χ0v) is 13.4. The largest absolute Gasteiger partial charge is 0.444 e. The molecule has 6 heteroatoms. The first kappa shape index (κ1) is 15.1. The molecule has 20 heavy (non-hydrogen) atoms. The third-order valence-corrected chi connectivity index (χ3v) is 4.10. The number of hydrogen-bond donors (Lipinski definition) is 0. The monoisotopic (exact) mass is 297 g/mol. The Balaban J connectivity index is 1.82. The van der Waals surface area contributed by atoms with E-state index in [1.165, 1.54) is 0 Å². The van der Waals surface area contributed by atoms with Crippen molar-refractivity contribution < 1.29 is 9.53 Å². The standard InChI is InChI=1S/C14H23N3O2S/c1-14(2,3)19-13(18)17-7-5-11(10-17)9-16(4)12-15-6-8-20-12/h6,8,11H,5,7,9-10H2,1-4H3. The van der Waals surface area contributed by atoms with Crippen LogP contribution in [0.5, 0.6) is 0 Å². The lowest BCUT2D eigenvalue weighted by atomic mass is 10.1. The van der Waals surface area contributed by atoms with Crippen LogP contribution in [0.3, 0.4) is 0 Å². The van der Waals surface area contributed by atoms with E-state index in [0.717, 1.165) is 31.2 Å². The fourth-order valence-electron chi connectivity index (χ4n) is 2.34. The second-order valence-corrected chi connectivity index (χ2v) is 7.15. The summed E-state index contributed by atoms with van der Waals surface area (Å²) in [7, 11) is 2.05. The van der Waals surface area contributed by atoms with Crippen LogP contribution in [0.15, 0.2) is 11.6 Å². The molecular weight excluding hydrogens is 274 g/mol. The van der Waals surface area contributed by atoms with Gasteiger partial charge in [0.25, 0.3) is 0 Å². The molecule has 2 rings (SSSR count). The second-order valence-electron chi connectivity index (χ2n) is 6.28. The molecule has 0 N–H and O–H groups in total. The first-order valence-electron chi connectivity index (χ1n) is 6.94. The van der Waals surface area contributed by atoms with Crippen LogP contribution < -0.4 is 4.90 Å². The second kappa shape index (κ2) is 5.99. The van der Waals surface area contributed by atoms with Gasteiger partial charge in [0.05, 0.1) is 0 Å². The number of carbonyl (C=O) groups excluding carboxylic acids is 1. The molecule has 5 nitrogen and oxygen atoms in total. The maximum Gasteiger partial charge on any atom is 0.410 e. The molecule has 1 aliphatic rings. The molecule has 1 fully saturated rings. The first-order valence-corrected chi connectivity index (χ1v) is 7.81. The number of aromatic nitrogens is 1. The van der Waals surface area contributed by atoms with Crippen molar-refractivity contribution in [2.45, 2.75) is 32.8 Å². The molecule has 0 aliphatic carbocycles. The summed E-state index contributed by atoms with van der Waals surface area (Å²) in [5, 5.41) is 3.01. The minimum atomic E-state index is -0.424. The Hall–Kier alpha value is -1.30. The van der Waals surface area contributed by atoms with Crippen molar-refractivity contribution in [3.63, 3.8) is 0 Å². The molecule has 0 spiro atoms. The summed E-state index contributed by atoms with van der Waals surface area (Å²) in [5.74, 6) is 0.483. The average molecular weight is 297 g/mol. The molecule has 1 aromatic heterocycles. The number of carbonyl (C=O) groups is 1. The van der Waals surface area contributed by atoms with E-state index in [4.69, 9.17) is 4.74 Å². The normalized spacial score (nSPS) is 19.2. The van der Waals surface area contributed by atoms with Crippen LogP contribution in [0.25, 0.3) is 0 Å². The third-order valence-electron chi connectivity index (χ3n) is 3.22. The number of amides is 1. The van der Waals surface area contributed by atoms with E-state index in [9.17, 15) is 4.79 Å². The van der Waals surface area contributed by atoms with E-state index in [1.54, 1.807) is 11.3 Å². The van der Waals surface area contributed by atoms with Crippen LogP contribution in [-0.4, -0.2) is 48.3 Å². The van der Waals surface area contributed by atoms with Gasteiger partial charge < -0.3 is 14.5 Å². The van der Waals surface area contributed by atoms with Crippen molar-refractivity contribution in [2.24, 2.45) is 5.92 Å². The number of likely N-dealkylation sites (tertiary alicyclic amines) is 1. The molecule has 1 aromatic rings. The molecule has 2 heterocycles. The van der Waals surface area contributed by atoms with Crippen LogP contribution in [0.2, 0.25) is 0 Å². The fourth-order valence-corrected chi connectivity index (χ4v) is 2.96. The van der Waals surface area contributed by atoms with Gasteiger partial charge in [0.15, 0.2) is 5.13 Å². The smallest absolute Gasteiger partial charge is 0.410 e. The van der Waals surface area contributed by atoms with Crippen molar-refractivity contribution in [1.29, 1.82) is 0 Å². The summed E-state index contributed by atoms with van der Waals surface area (Å²) in [6.07, 6.45) is 2.64. The maximum atomic E-state index is 12.0. The minimum absolute atomic E-state index is 0.197. The van der Waals surface area contributed by atoms with Gasteiger partial charge in [-0.25, -0.2) is 9.78 Å². The number of nitrogens with zero attached hydrogens (tertiary/aromatic N) is 3. The molecule has 1 atom stereocenters. The zero-order chi connectivity index (χ0) is 14.8. The Bertz CT molecular complexity index is 442. The van der Waals surface area contributed by atoms with Crippen LogP contribution in [0.1, 0.15) is 27.2 Å². The summed E-state index contributed by atoms with van der Waals surface area (Å²) in [6, 6.07) is 0. The molecule has 1 amide bonds. The summed E-state index contributed by atoms with van der Waals surface area (Å²) < 4.78 is 5.41. The fraction of sp³-hybridized carbons (Fsp3) is 0.714. The Morgan fingerprint density at radius 3 is 2.95 bits per heavy atom. The highest BCUT2D eigenvalue weighted by molar-refractivity contribution is 7.13. The van der Waals surface area contributed by atoms with Gasteiger partial charge >= 0.3 is 6.09 Å². The van der Waals surface area contributed by atoms with E-state index in [2.05, 4.69) is 16.9 Å². The molecule has 1 unspecified atom stereocenters. The molecule has 1 saturated heterocycles. The Morgan fingerprint density at radius 2 is 2.35 bits per heavy atom. The van der Waals surface area contributed by atoms with Crippen LogP contribution in [0, 0.1) is 5.92 Å². The molecule has 112 valence electrons. The van der Waals surface area contributed by atoms with E-state index in [1.807, 2.05) is 37.2 Å². The zero-order valence-electron chi connectivity index (χ0n) is 12.6. The number of hydrogen-bond acceptors (Lipinski definition) is 5. The highest BCUT2D eigenvalue weighted by Gasteiger charge is 2.30. The first-order chi connectivity index (χ1) is 9.35. The van der Waals surface area contributed by atoms with Crippen molar-refractivity contribution in [1.82, 2.24) is 9.88 Å². The van der Waals surface area contributed by atoms with E-state index in [0.29, 0.717) is 5.92 Å². The van der Waals surface area contributed by atoms with E-state index in [-0.39, 0.29) is 6.09 Å². The van der Waals surface area contributed by atoms with Crippen LogP contribution in [0.4, 0.5) is 9.93 Å². The van der Waals surface area contributed by atoms with Gasteiger partial charge in [0.2, 0.25) is 0 Å². The van der Waals surface area contributed by atoms with Crippen molar-refractivity contribution in [3.8, 4) is 0 Å². The molecule has 0 bridgehead atoms. The van der Waals surface area contributed by atoms with Gasteiger partial charge in [-0.15, -0.1) is 11.3 Å². The highest BCUT2D eigenvalue weighted by Crippen LogP contribution is 2.23. The lowest BCUT2D eigenvalue weighted by Gasteiger charge is -2.25. The molecular formula is C14H23N3O2S. The Labute approximate surface area is 124 Å². The lowest BCUT2D eigenvalue weighted by molar-refractivity contribution is 0.0288. The SMILES string of the molecule is CN(CC1CCN(C(=O)OC(C)(C)C)C1)c1nccs1. The van der Waals surface area contributed by atoms with Crippen LogP contribution >= 0.6 is 11.3 Å². The van der Waals surface area contributed by atoms with E-state index >= 15 is 0 Å². The van der Waals surface area contributed by atoms with Gasteiger partial charge in [-0.05, 0) is 33.1 Å². The average Bonchev–Trinajstić information content (AvgIpc) is 2.97. The summed E-state index contributed by atoms with van der Waals surface area (Å²) >= 11 is 1.64. The summed E-state index contributed by atoms with van der Waals surface area (Å²) in [4.78, 5) is 20.3. The maximum absolute atomic E-state index is 12.0. The topological polar surface area (TPSA) is 45.7 Å². The Kier molecular flexibility index (Phi) is 4.52. The number of thiazole rings is 1. The predicted octanol–water partition coefficient (Wildman–Crippen LogP) is 2.84. The molecule has 1 aliphatic heterocycles. The number of rotatable bonds is 3. The lowest BCUT2D eigenvalue weighted by Crippen LogP contribution is -2.36. The number of anilines is 1. The van der Waals surface area contributed by atoms with Gasteiger partial charge in [-0.1, -0.05) is 0 Å². The van der Waals surface area contributed by atoms with Crippen molar-refractivity contribution >= 4 is 22.6 Å². The third kappa shape index (κ3) is 4.10. The number of ether oxygens (including phenoxy) is 1. The molecule has 0 aromatic carbocycles. The summed E-state index contributed by atoms with van der Waals surface area (Å²) in [6.45, 7) is 8.17. The quantitative estimate of drug-likeness (QED) is 0.860. The van der Waals surface area contributed by atoms with Gasteiger partial charge in [-0.2, -0.15) is 0 Å². The van der Waals surface area contributed by atoms with Gasteiger partial charge in [0.1, 0.15) is 5.60 Å². The van der Waals surface area contributed by atoms with Crippen LogP contribution in [-0.2, 0) is 4.74 Å². The molecule has 0 saturated carbocycles. The summed E-state index contributed by atoms with van der Waals surface area (Å²) in [5.41, 5.74) is -0.424. The highest BCUT2D eigenvalue weighted by atomic mass is 32.1. The molecule has 0 radical (unpaired) electrons. The van der Waals surface area contributed by atoms with Crippen molar-refractivity contribution in [3.05, 3.63) is 11.6 Å². The van der Waals surface area contributed by atoms with E-state index < -0.39 is 5.60 Å². The van der Waals surface area contributed by atoms with Gasteiger partial charge in [-0.3, -0.25) is 0 Å². The van der Waals surface area contributed by atoms with Crippen molar-refractivity contribution in [2.75, 3.05) is 31.6 Å². The Morgan fingerprint density at radius 1 is 1.60 bits per heavy atom. The minimum Gasteiger partial charge on any atom is -0.444 e.